The Morgan fingerprint density at radius 3 is 3.00 bits per heavy atom. The lowest BCUT2D eigenvalue weighted by Crippen LogP contribution is -1.78. The van der Waals surface area contributed by atoms with Gasteiger partial charge in [-0.05, 0) is 14.2 Å². The predicted octanol–water partition coefficient (Wildman–Crippen LogP) is 1.50. The second kappa shape index (κ2) is 3.49. The van der Waals surface area contributed by atoms with Crippen LogP contribution >= 0.6 is 20.7 Å². The second-order valence-electron chi connectivity index (χ2n) is 1.36. The molecule has 0 spiro atoms. The minimum absolute atomic E-state index is 0.0789. The standard InChI is InChI=1S/C5H6IN3/c7-9-8-5-2-1-3-6-4-5/h1-4H,(H2,7,8). The number of nitrogens with two attached hydrogens (primary N) is 1. The van der Waals surface area contributed by atoms with Crippen LogP contribution in [0.3, 0.4) is 0 Å². The Bertz CT molecular complexity index is 202. The largest absolute Gasteiger partial charge is 0.305 e. The van der Waals surface area contributed by atoms with E-state index in [1.807, 2.05) is 12.2 Å². The van der Waals surface area contributed by atoms with Gasteiger partial charge in [-0.2, -0.15) is 0 Å². The van der Waals surface area contributed by atoms with E-state index in [-0.39, 0.29) is 20.7 Å². The first-order valence-corrected chi connectivity index (χ1v) is 4.85. The summed E-state index contributed by atoms with van der Waals surface area (Å²) in [7, 11) is 0. The monoisotopic (exact) mass is 235 g/mol. The van der Waals surface area contributed by atoms with Crippen molar-refractivity contribution in [1.82, 2.24) is 0 Å². The topological polar surface area (TPSA) is 50.7 Å². The van der Waals surface area contributed by atoms with Gasteiger partial charge in [-0.25, -0.2) is 0 Å². The van der Waals surface area contributed by atoms with Crippen LogP contribution in [0.5, 0.6) is 0 Å². The number of hydrogen-bond donors (Lipinski definition) is 1. The molecule has 1 aliphatic heterocycles. The fourth-order valence-electron chi connectivity index (χ4n) is 0.436. The van der Waals surface area contributed by atoms with E-state index in [0.717, 1.165) is 5.70 Å². The van der Waals surface area contributed by atoms with E-state index in [1.54, 1.807) is 0 Å². The van der Waals surface area contributed by atoms with Gasteiger partial charge in [-0.15, -0.1) is 5.11 Å². The summed E-state index contributed by atoms with van der Waals surface area (Å²) < 4.78 is 4.21. The highest BCUT2D eigenvalue weighted by Crippen LogP contribution is 2.11. The van der Waals surface area contributed by atoms with Crippen LogP contribution in [0.4, 0.5) is 0 Å². The van der Waals surface area contributed by atoms with Crippen molar-refractivity contribution >= 4 is 24.7 Å². The zero-order valence-corrected chi connectivity index (χ0v) is 6.82. The lowest BCUT2D eigenvalue weighted by molar-refractivity contribution is 1.03. The number of nitrogens with zero attached hydrogens (tertiary/aromatic N) is 2. The molecule has 9 heavy (non-hydrogen) atoms. The summed E-state index contributed by atoms with van der Waals surface area (Å²) in [4.78, 5) is 0. The van der Waals surface area contributed by atoms with E-state index in [4.69, 9.17) is 5.84 Å². The van der Waals surface area contributed by atoms with Gasteiger partial charge in [0.15, 0.2) is 0 Å². The molecule has 0 amide bonds. The number of allylic oxidation sites excluding steroid dienone is 2. The molecule has 0 bridgehead atoms. The molecule has 0 saturated carbocycles. The Balaban J connectivity index is 2.72. The van der Waals surface area contributed by atoms with Crippen molar-refractivity contribution < 1.29 is 0 Å². The first-order valence-electron chi connectivity index (χ1n) is 2.36. The Labute approximate surface area is 63.1 Å². The molecular formula is C5H6IN3. The lowest BCUT2D eigenvalue weighted by atomic mass is 10.4. The molecular weight excluding hydrogens is 229 g/mol. The normalized spacial score (nSPS) is 17.6. The number of halogens is 1. The molecule has 0 fully saturated rings. The molecule has 3 nitrogen and oxygen atoms in total. The first kappa shape index (κ1) is 6.60. The van der Waals surface area contributed by atoms with E-state index in [2.05, 4.69) is 18.4 Å². The Morgan fingerprint density at radius 2 is 2.44 bits per heavy atom. The van der Waals surface area contributed by atoms with Crippen molar-refractivity contribution in [1.29, 1.82) is 0 Å². The molecule has 0 atom stereocenters. The van der Waals surface area contributed by atoms with Gasteiger partial charge in [0.2, 0.25) is 0 Å². The van der Waals surface area contributed by atoms with Crippen molar-refractivity contribution in [2.24, 2.45) is 16.2 Å². The third-order valence-electron chi connectivity index (χ3n) is 0.760. The maximum Gasteiger partial charge on any atom is 0.0930 e. The van der Waals surface area contributed by atoms with E-state index < -0.39 is 0 Å². The highest BCUT2D eigenvalue weighted by atomic mass is 127. The van der Waals surface area contributed by atoms with Gasteiger partial charge >= 0.3 is 0 Å². The number of rotatable bonds is 1. The van der Waals surface area contributed by atoms with Gasteiger partial charge < -0.3 is 5.84 Å². The van der Waals surface area contributed by atoms with Crippen LogP contribution < -0.4 is 5.84 Å². The lowest BCUT2D eigenvalue weighted by Gasteiger charge is -1.89. The smallest absolute Gasteiger partial charge is 0.0930 e. The summed E-state index contributed by atoms with van der Waals surface area (Å²) in [6.07, 6.45) is 3.87. The van der Waals surface area contributed by atoms with Crippen LogP contribution in [0, 0.1) is 0 Å². The van der Waals surface area contributed by atoms with Gasteiger partial charge in [0.05, 0.1) is 5.70 Å². The highest BCUT2D eigenvalue weighted by Gasteiger charge is 1.87. The second-order valence-corrected chi connectivity index (χ2v) is 3.42. The molecule has 48 valence electrons. The van der Waals surface area contributed by atoms with Crippen molar-refractivity contribution in [3.8, 4) is 0 Å². The molecule has 0 unspecified atom stereocenters. The van der Waals surface area contributed by atoms with Crippen LogP contribution in [-0.4, -0.2) is 4.01 Å². The van der Waals surface area contributed by atoms with Gasteiger partial charge in [-0.3, -0.25) is 0 Å². The predicted molar refractivity (Wildman–Crippen MR) is 46.4 cm³/mol. The molecule has 0 aromatic rings. The fourth-order valence-corrected chi connectivity index (χ4v) is 1.79. The quantitative estimate of drug-likeness (QED) is 0.318. The van der Waals surface area contributed by atoms with Crippen molar-refractivity contribution in [2.75, 3.05) is 0 Å². The third kappa shape index (κ3) is 2.05. The Morgan fingerprint density at radius 1 is 1.56 bits per heavy atom. The van der Waals surface area contributed by atoms with Crippen molar-refractivity contribution in [3.05, 3.63) is 21.9 Å². The van der Waals surface area contributed by atoms with Gasteiger partial charge in [0.25, 0.3) is 0 Å². The first-order chi connectivity index (χ1) is 4.43. The summed E-state index contributed by atoms with van der Waals surface area (Å²) in [5, 5.41) is 6.84. The average molecular weight is 235 g/mol. The molecule has 0 aromatic carbocycles. The summed E-state index contributed by atoms with van der Waals surface area (Å²) in [5.74, 6) is 4.84. The molecule has 4 heteroatoms. The molecule has 1 heterocycles. The average Bonchev–Trinajstić information content (AvgIpc) is 1.91. The van der Waals surface area contributed by atoms with Crippen LogP contribution in [0.15, 0.2) is 32.3 Å². The summed E-state index contributed by atoms with van der Waals surface area (Å²) >= 11 is 0.0789. The zero-order chi connectivity index (χ0) is 6.53. The third-order valence-corrected chi connectivity index (χ3v) is 2.59. The van der Waals surface area contributed by atoms with Crippen molar-refractivity contribution in [3.63, 3.8) is 0 Å². The van der Waals surface area contributed by atoms with Gasteiger partial charge in [0.1, 0.15) is 0 Å². The van der Waals surface area contributed by atoms with Crippen LogP contribution in [0.25, 0.3) is 0 Å². The summed E-state index contributed by atoms with van der Waals surface area (Å²) in [6, 6.07) is 0. The maximum absolute atomic E-state index is 4.84. The van der Waals surface area contributed by atoms with E-state index in [0.29, 0.717) is 0 Å². The molecule has 2 N–H and O–H groups in total. The van der Waals surface area contributed by atoms with Crippen molar-refractivity contribution in [2.45, 2.75) is 0 Å². The van der Waals surface area contributed by atoms with Gasteiger partial charge in [-0.1, -0.05) is 32.0 Å². The van der Waals surface area contributed by atoms with Crippen LogP contribution in [0.1, 0.15) is 0 Å². The molecule has 0 aliphatic carbocycles. The maximum atomic E-state index is 4.84. The summed E-state index contributed by atoms with van der Waals surface area (Å²) in [6.45, 7) is 0. The number of hydrogen-bond acceptors (Lipinski definition) is 2. The molecule has 0 saturated heterocycles. The van der Waals surface area contributed by atoms with Crippen LogP contribution in [0.2, 0.25) is 0 Å². The Kier molecular flexibility index (Phi) is 2.56. The van der Waals surface area contributed by atoms with E-state index >= 15 is 0 Å². The SMILES string of the molecule is NN=NC1=CI=CC=C1. The van der Waals surface area contributed by atoms with E-state index in [1.165, 1.54) is 0 Å². The molecule has 1 rings (SSSR count). The van der Waals surface area contributed by atoms with Gasteiger partial charge in [0, 0.05) is 0 Å². The summed E-state index contributed by atoms with van der Waals surface area (Å²) in [5.41, 5.74) is 0.882. The zero-order valence-electron chi connectivity index (χ0n) is 4.66. The highest BCUT2D eigenvalue weighted by molar-refractivity contribution is 14.2. The van der Waals surface area contributed by atoms with Crippen LogP contribution in [-0.2, 0) is 0 Å². The molecule has 0 radical (unpaired) electrons. The molecule has 1 aliphatic rings. The molecule has 0 aromatic heterocycles. The minimum atomic E-state index is 0.0789. The minimum Gasteiger partial charge on any atom is -0.305 e. The van der Waals surface area contributed by atoms with E-state index in [9.17, 15) is 0 Å². The fraction of sp³-hybridized carbons (Fsp3) is 0. The Hall–Kier alpha value is -0.520.